The third-order valence-corrected chi connectivity index (χ3v) is 7.21. The molecule has 0 unspecified atom stereocenters. The Labute approximate surface area is 205 Å². The molecule has 0 fully saturated rings. The zero-order valence-corrected chi connectivity index (χ0v) is 20.9. The molecule has 1 aliphatic heterocycles. The van der Waals surface area contributed by atoms with Crippen molar-refractivity contribution in [3.05, 3.63) is 53.7 Å². The number of hydrogen-bond acceptors (Lipinski definition) is 6. The normalized spacial score (nSPS) is 15.5. The molecule has 14 heteroatoms. The van der Waals surface area contributed by atoms with Crippen LogP contribution in [-0.4, -0.2) is 58.7 Å². The number of anilines is 2. The molecule has 36 heavy (non-hydrogen) atoms. The van der Waals surface area contributed by atoms with Gasteiger partial charge >= 0.3 is 16.4 Å². The molecule has 10 nitrogen and oxygen atoms in total. The number of halogens is 3. The van der Waals surface area contributed by atoms with Crippen LogP contribution < -0.4 is 9.62 Å². The maximum atomic E-state index is 13.4. The standard InChI is InChI=1S/C22H24F3N7O3S/c1-13-6-17(14-7-15(9-26-8-14)29-36(34,35)30(4)5)28-19-18(13)20(33)32(21(19,2)3)16-10-27-31(11-16)12-22(23,24)25/h6-11,29H,12H2,1-5H3. The maximum Gasteiger partial charge on any atom is 0.408 e. The van der Waals surface area contributed by atoms with Gasteiger partial charge in [-0.05, 0) is 38.5 Å². The van der Waals surface area contributed by atoms with Crippen molar-refractivity contribution in [2.24, 2.45) is 0 Å². The van der Waals surface area contributed by atoms with Gasteiger partial charge in [0.05, 0.1) is 46.3 Å². The lowest BCUT2D eigenvalue weighted by molar-refractivity contribution is -0.142. The number of aromatic nitrogens is 4. The van der Waals surface area contributed by atoms with E-state index in [-0.39, 0.29) is 11.4 Å². The van der Waals surface area contributed by atoms with Gasteiger partial charge in [0, 0.05) is 32.1 Å². The molecule has 0 saturated heterocycles. The first-order chi connectivity index (χ1) is 16.6. The highest BCUT2D eigenvalue weighted by Gasteiger charge is 2.47. The van der Waals surface area contributed by atoms with E-state index in [1.54, 1.807) is 32.9 Å². The van der Waals surface area contributed by atoms with Gasteiger partial charge in [-0.1, -0.05) is 0 Å². The van der Waals surface area contributed by atoms with Crippen LogP contribution in [0.4, 0.5) is 24.5 Å². The van der Waals surface area contributed by atoms with Crippen LogP contribution in [0.1, 0.15) is 35.5 Å². The number of fused-ring (bicyclic) bond motifs is 1. The van der Waals surface area contributed by atoms with Crippen LogP contribution >= 0.6 is 0 Å². The van der Waals surface area contributed by atoms with E-state index in [4.69, 9.17) is 4.98 Å². The van der Waals surface area contributed by atoms with E-state index < -0.39 is 34.4 Å². The highest BCUT2D eigenvalue weighted by atomic mass is 32.2. The molecule has 1 N–H and O–H groups in total. The summed E-state index contributed by atoms with van der Waals surface area (Å²) in [5.74, 6) is -0.399. The molecule has 0 aliphatic carbocycles. The minimum Gasteiger partial charge on any atom is -0.294 e. The maximum absolute atomic E-state index is 13.4. The number of pyridine rings is 2. The number of nitrogens with zero attached hydrogens (tertiary/aromatic N) is 6. The molecule has 1 aliphatic rings. The first kappa shape index (κ1) is 25.6. The molecule has 3 aromatic rings. The number of carbonyl (C=O) groups is 1. The fourth-order valence-electron chi connectivity index (χ4n) is 4.06. The molecule has 0 spiro atoms. The van der Waals surface area contributed by atoms with Crippen LogP contribution in [0.5, 0.6) is 0 Å². The molecule has 0 atom stereocenters. The van der Waals surface area contributed by atoms with Crippen molar-refractivity contribution in [3.8, 4) is 11.3 Å². The average molecular weight is 524 g/mol. The van der Waals surface area contributed by atoms with Gasteiger partial charge in [0.15, 0.2) is 0 Å². The Hall–Kier alpha value is -3.52. The van der Waals surface area contributed by atoms with Crippen molar-refractivity contribution in [2.45, 2.75) is 39.0 Å². The summed E-state index contributed by atoms with van der Waals surface area (Å²) in [6.45, 7) is 3.95. The summed E-state index contributed by atoms with van der Waals surface area (Å²) < 4.78 is 66.9. The summed E-state index contributed by atoms with van der Waals surface area (Å²) in [5.41, 5.74) is 1.81. The number of rotatable bonds is 6. The minimum atomic E-state index is -4.45. The smallest absolute Gasteiger partial charge is 0.294 e. The van der Waals surface area contributed by atoms with E-state index in [9.17, 15) is 26.4 Å². The number of amides is 1. The number of hydrogen-bond donors (Lipinski definition) is 1. The minimum absolute atomic E-state index is 0.218. The Bertz CT molecular complexity index is 1450. The van der Waals surface area contributed by atoms with Crippen LogP contribution in [0.25, 0.3) is 11.3 Å². The van der Waals surface area contributed by atoms with Gasteiger partial charge in [-0.25, -0.2) is 4.98 Å². The zero-order chi connectivity index (χ0) is 26.6. The first-order valence-electron chi connectivity index (χ1n) is 10.7. The second-order valence-corrected chi connectivity index (χ2v) is 11.0. The van der Waals surface area contributed by atoms with Crippen molar-refractivity contribution in [1.82, 2.24) is 24.1 Å². The van der Waals surface area contributed by atoms with Crippen molar-refractivity contribution >= 4 is 27.5 Å². The van der Waals surface area contributed by atoms with Crippen LogP contribution in [0.15, 0.2) is 36.9 Å². The summed E-state index contributed by atoms with van der Waals surface area (Å²) in [6.07, 6.45) is 0.827. The molecule has 4 rings (SSSR count). The second kappa shape index (κ2) is 8.55. The average Bonchev–Trinajstić information content (AvgIpc) is 3.25. The Morgan fingerprint density at radius 2 is 1.83 bits per heavy atom. The van der Waals surface area contributed by atoms with E-state index in [2.05, 4.69) is 14.8 Å². The number of carbonyl (C=O) groups excluding carboxylic acids is 1. The molecule has 3 aromatic heterocycles. The van der Waals surface area contributed by atoms with E-state index in [0.29, 0.717) is 28.1 Å². The molecule has 4 heterocycles. The monoisotopic (exact) mass is 523 g/mol. The van der Waals surface area contributed by atoms with Gasteiger partial charge in [0.1, 0.15) is 6.54 Å². The molecule has 192 valence electrons. The summed E-state index contributed by atoms with van der Waals surface area (Å²) in [7, 11) is -0.965. The van der Waals surface area contributed by atoms with Crippen molar-refractivity contribution in [3.63, 3.8) is 0 Å². The first-order valence-corrected chi connectivity index (χ1v) is 12.2. The third-order valence-electron chi connectivity index (χ3n) is 5.75. The Balaban J connectivity index is 1.73. The van der Waals surface area contributed by atoms with E-state index in [1.807, 2.05) is 0 Å². The summed E-state index contributed by atoms with van der Waals surface area (Å²) in [4.78, 5) is 23.6. The fourth-order valence-corrected chi connectivity index (χ4v) is 4.65. The number of nitrogens with one attached hydrogen (secondary N) is 1. The van der Waals surface area contributed by atoms with E-state index >= 15 is 0 Å². The predicted molar refractivity (Wildman–Crippen MR) is 127 cm³/mol. The molecule has 0 radical (unpaired) electrons. The Morgan fingerprint density at radius 1 is 1.14 bits per heavy atom. The van der Waals surface area contributed by atoms with Crippen LogP contribution in [0.3, 0.4) is 0 Å². The molecule has 0 aromatic carbocycles. The van der Waals surface area contributed by atoms with Gasteiger partial charge in [0.25, 0.3) is 5.91 Å². The van der Waals surface area contributed by atoms with Crippen molar-refractivity contribution < 1.29 is 26.4 Å². The lowest BCUT2D eigenvalue weighted by Gasteiger charge is -2.30. The molecule has 0 bridgehead atoms. The van der Waals surface area contributed by atoms with Crippen LogP contribution in [0, 0.1) is 6.92 Å². The highest BCUT2D eigenvalue weighted by molar-refractivity contribution is 7.90. The highest BCUT2D eigenvalue weighted by Crippen LogP contribution is 2.43. The summed E-state index contributed by atoms with van der Waals surface area (Å²) >= 11 is 0. The predicted octanol–water partition coefficient (Wildman–Crippen LogP) is 3.32. The van der Waals surface area contributed by atoms with Gasteiger partial charge in [-0.3, -0.25) is 24.1 Å². The van der Waals surface area contributed by atoms with E-state index in [1.165, 1.54) is 43.8 Å². The molecular formula is C22H24F3N7O3S. The zero-order valence-electron chi connectivity index (χ0n) is 20.1. The van der Waals surface area contributed by atoms with Crippen LogP contribution in [0.2, 0.25) is 0 Å². The molecule has 1 amide bonds. The van der Waals surface area contributed by atoms with Gasteiger partial charge < -0.3 is 0 Å². The quantitative estimate of drug-likeness (QED) is 0.530. The van der Waals surface area contributed by atoms with Crippen molar-refractivity contribution in [1.29, 1.82) is 0 Å². The SMILES string of the molecule is Cc1cc(-c2cncc(NS(=O)(=O)N(C)C)c2)nc2c1C(=O)N(c1cnn(CC(F)(F)F)c1)C2(C)C. The van der Waals surface area contributed by atoms with Gasteiger partial charge in [-0.15, -0.1) is 0 Å². The van der Waals surface area contributed by atoms with Gasteiger partial charge in [-0.2, -0.15) is 31.0 Å². The molecule has 0 saturated carbocycles. The second-order valence-electron chi connectivity index (χ2n) is 9.11. The third kappa shape index (κ3) is 4.65. The lowest BCUT2D eigenvalue weighted by Crippen LogP contribution is -2.39. The number of alkyl halides is 3. The topological polar surface area (TPSA) is 113 Å². The Morgan fingerprint density at radius 3 is 2.47 bits per heavy atom. The van der Waals surface area contributed by atoms with Crippen molar-refractivity contribution in [2.75, 3.05) is 23.7 Å². The number of aryl methyl sites for hydroxylation is 1. The molecular weight excluding hydrogens is 499 g/mol. The van der Waals surface area contributed by atoms with Crippen LogP contribution in [-0.2, 0) is 22.3 Å². The van der Waals surface area contributed by atoms with Gasteiger partial charge in [0.2, 0.25) is 0 Å². The Kier molecular flexibility index (Phi) is 6.07. The summed E-state index contributed by atoms with van der Waals surface area (Å²) in [6, 6.07) is 3.26. The largest absolute Gasteiger partial charge is 0.408 e. The fraction of sp³-hybridized carbons (Fsp3) is 0.364. The van der Waals surface area contributed by atoms with E-state index in [0.717, 1.165) is 8.99 Å². The lowest BCUT2D eigenvalue weighted by atomic mass is 9.96. The summed E-state index contributed by atoms with van der Waals surface area (Å²) in [5, 5.41) is 3.76.